The number of aromatic nitrogens is 2. The lowest BCUT2D eigenvalue weighted by Crippen LogP contribution is -2.48. The molecule has 41 heavy (non-hydrogen) atoms. The molecule has 2 unspecified atom stereocenters. The van der Waals surface area contributed by atoms with Crippen LogP contribution in [-0.2, 0) is 26.4 Å². The summed E-state index contributed by atoms with van der Waals surface area (Å²) >= 11 is 0. The second kappa shape index (κ2) is 10.5. The minimum Gasteiger partial charge on any atom is -0.466 e. The van der Waals surface area contributed by atoms with Crippen LogP contribution in [0.3, 0.4) is 0 Å². The molecule has 0 radical (unpaired) electrons. The van der Waals surface area contributed by atoms with E-state index in [1.807, 2.05) is 97.9 Å². The fourth-order valence-electron chi connectivity index (χ4n) is 4.99. The van der Waals surface area contributed by atoms with Crippen LogP contribution in [-0.4, -0.2) is 34.5 Å². The first-order chi connectivity index (χ1) is 19.3. The Morgan fingerprint density at radius 2 is 1.41 bits per heavy atom. The van der Waals surface area contributed by atoms with E-state index in [0.717, 1.165) is 16.7 Å². The molecule has 1 aromatic heterocycles. The van der Waals surface area contributed by atoms with Gasteiger partial charge in [0.15, 0.2) is 8.32 Å². The summed E-state index contributed by atoms with van der Waals surface area (Å²) in [5, 5.41) is 4.57. The predicted molar refractivity (Wildman–Crippen MR) is 166 cm³/mol. The maximum absolute atomic E-state index is 14.6. The second-order valence-corrected chi connectivity index (χ2v) is 19.1. The summed E-state index contributed by atoms with van der Waals surface area (Å²) in [5.74, 6) is 0.349. The second-order valence-electron chi connectivity index (χ2n) is 12.6. The van der Waals surface area contributed by atoms with Gasteiger partial charge in [-0.15, -0.1) is 0 Å². The fraction of sp³-hybridized carbons (Fsp3) is 0.344. The average Bonchev–Trinajstić information content (AvgIpc) is 3.48. The molecule has 0 aliphatic carbocycles. The lowest BCUT2D eigenvalue weighted by Gasteiger charge is -2.38. The van der Waals surface area contributed by atoms with Crippen molar-refractivity contribution in [1.29, 1.82) is 4.78 Å². The van der Waals surface area contributed by atoms with E-state index in [-0.39, 0.29) is 9.93 Å². The molecule has 2 N–H and O–H groups in total. The molecule has 0 saturated heterocycles. The Hall–Kier alpha value is -3.24. The maximum atomic E-state index is 14.6. The van der Waals surface area contributed by atoms with Crippen LogP contribution in [0.4, 0.5) is 0 Å². The van der Waals surface area contributed by atoms with Gasteiger partial charge >= 0.3 is 0 Å². The van der Waals surface area contributed by atoms with Crippen molar-refractivity contribution in [2.75, 3.05) is 6.61 Å². The Morgan fingerprint density at radius 3 is 1.85 bits per heavy atom. The van der Waals surface area contributed by atoms with Gasteiger partial charge in [-0.1, -0.05) is 112 Å². The number of fused-ring (bicyclic) bond motifs is 1. The van der Waals surface area contributed by atoms with Gasteiger partial charge in [0, 0.05) is 0 Å². The summed E-state index contributed by atoms with van der Waals surface area (Å²) in [5.41, 5.74) is 0.850. The molecule has 3 aromatic carbocycles. The highest BCUT2D eigenvalue weighted by Crippen LogP contribution is 2.42. The highest BCUT2D eigenvalue weighted by molar-refractivity contribution is 7.90. The topological polar surface area (TPSA) is 89.2 Å². The van der Waals surface area contributed by atoms with Gasteiger partial charge in [-0.25, -0.2) is 18.4 Å². The summed E-state index contributed by atoms with van der Waals surface area (Å²) in [4.78, 5) is 0.223. The van der Waals surface area contributed by atoms with Crippen LogP contribution in [0.2, 0.25) is 18.1 Å². The highest BCUT2D eigenvalue weighted by Gasteiger charge is 2.46. The minimum atomic E-state index is -3.65. The van der Waals surface area contributed by atoms with Gasteiger partial charge in [0.25, 0.3) is 0 Å². The molecule has 0 amide bonds. The van der Waals surface area contributed by atoms with Gasteiger partial charge in [-0.2, -0.15) is 5.10 Å². The lowest BCUT2D eigenvalue weighted by molar-refractivity contribution is 0.0449. The molecule has 4 aromatic rings. The third kappa shape index (κ3) is 5.51. The van der Waals surface area contributed by atoms with Gasteiger partial charge in [0.05, 0.1) is 19.3 Å². The lowest BCUT2D eigenvalue weighted by atomic mass is 9.78. The summed E-state index contributed by atoms with van der Waals surface area (Å²) in [6, 6.07) is 29.6. The number of hydrogen-bond acceptors (Lipinski definition) is 5. The Bertz CT molecular complexity index is 1500. The van der Waals surface area contributed by atoms with Gasteiger partial charge in [0.2, 0.25) is 5.88 Å². The molecule has 0 fully saturated rings. The Labute approximate surface area is 245 Å². The fourth-order valence-corrected chi connectivity index (χ4v) is 7.57. The van der Waals surface area contributed by atoms with Crippen molar-refractivity contribution >= 4 is 18.2 Å². The van der Waals surface area contributed by atoms with E-state index in [1.54, 1.807) is 4.68 Å². The van der Waals surface area contributed by atoms with Crippen LogP contribution in [0.5, 0.6) is 5.88 Å². The largest absolute Gasteiger partial charge is 0.466 e. The van der Waals surface area contributed by atoms with Crippen LogP contribution < -0.4 is 9.46 Å². The molecule has 0 spiro atoms. The van der Waals surface area contributed by atoms with E-state index in [0.29, 0.717) is 19.0 Å². The smallest absolute Gasteiger partial charge is 0.231 e. The molecule has 216 valence electrons. The normalized spacial score (nSPS) is 18.9. The molecular weight excluding hydrogens is 549 g/mol. The number of hydrogen-bond donors (Lipinski definition) is 2. The van der Waals surface area contributed by atoms with Crippen molar-refractivity contribution in [2.45, 2.75) is 68.4 Å². The zero-order chi connectivity index (χ0) is 29.5. The van der Waals surface area contributed by atoms with E-state index < -0.39 is 29.4 Å². The molecular formula is C32H40N4O3SSi. The van der Waals surface area contributed by atoms with Crippen molar-refractivity contribution in [3.8, 4) is 5.88 Å². The molecule has 7 nitrogen and oxygen atoms in total. The van der Waals surface area contributed by atoms with Gasteiger partial charge < -0.3 is 9.16 Å². The van der Waals surface area contributed by atoms with E-state index in [4.69, 9.17) is 9.16 Å². The van der Waals surface area contributed by atoms with Crippen molar-refractivity contribution in [1.82, 2.24) is 14.5 Å². The summed E-state index contributed by atoms with van der Waals surface area (Å²) in [6.45, 7) is 13.9. The first-order valence-electron chi connectivity index (χ1n) is 13.9. The third-order valence-corrected chi connectivity index (χ3v) is 14.3. The Balaban J connectivity index is 1.55. The van der Waals surface area contributed by atoms with E-state index >= 15 is 0 Å². The number of benzene rings is 3. The zero-order valence-corrected chi connectivity index (χ0v) is 26.5. The molecule has 2 heterocycles. The van der Waals surface area contributed by atoms with Crippen LogP contribution in [0.15, 0.2) is 102 Å². The van der Waals surface area contributed by atoms with Crippen molar-refractivity contribution in [3.05, 3.63) is 114 Å². The zero-order valence-electron chi connectivity index (χ0n) is 24.7. The van der Waals surface area contributed by atoms with E-state index in [9.17, 15) is 8.99 Å². The van der Waals surface area contributed by atoms with E-state index in [1.165, 1.54) is 6.20 Å². The molecule has 1 aliphatic rings. The Kier molecular flexibility index (Phi) is 7.52. The van der Waals surface area contributed by atoms with Crippen LogP contribution in [0.25, 0.3) is 0 Å². The standard InChI is InChI=1S/C32H40N4O3SSi/c1-30(2,3)41(5,6)38-24-31(4)23-36-29(39-31)28(22-34-36)40(33,37)35-32(25-16-10-7-11-17-25,26-18-12-8-13-19-26)27-20-14-9-15-21-27/h7-22H,23-24H2,1-6H3,(H2,33,35,37). The van der Waals surface area contributed by atoms with Gasteiger partial charge in [0.1, 0.15) is 26.0 Å². The highest BCUT2D eigenvalue weighted by atomic mass is 32.2. The minimum absolute atomic E-state index is 0.0652. The Morgan fingerprint density at radius 1 is 0.951 bits per heavy atom. The quantitative estimate of drug-likeness (QED) is 0.163. The molecule has 5 rings (SSSR count). The van der Waals surface area contributed by atoms with Gasteiger partial charge in [-0.3, -0.25) is 0 Å². The summed E-state index contributed by atoms with van der Waals surface area (Å²) < 4.78 is 41.9. The SMILES string of the molecule is CC1(CO[Si](C)(C)C(C)(C)C)Cn2ncc(S(=N)(=O)NC(c3ccccc3)(c3ccccc3)c3ccccc3)c2O1. The van der Waals surface area contributed by atoms with Crippen molar-refractivity contribution in [3.63, 3.8) is 0 Å². The van der Waals surface area contributed by atoms with Crippen LogP contribution >= 0.6 is 0 Å². The maximum Gasteiger partial charge on any atom is 0.231 e. The average molecular weight is 589 g/mol. The summed E-state index contributed by atoms with van der Waals surface area (Å²) in [6.07, 6.45) is 1.50. The first-order valence-corrected chi connectivity index (χ1v) is 18.4. The number of rotatable bonds is 9. The molecule has 2 atom stereocenters. The van der Waals surface area contributed by atoms with Crippen molar-refractivity contribution in [2.24, 2.45) is 0 Å². The number of nitrogens with one attached hydrogen (secondary N) is 2. The van der Waals surface area contributed by atoms with Gasteiger partial charge in [-0.05, 0) is 41.7 Å². The molecule has 0 bridgehead atoms. The molecule has 9 heteroatoms. The van der Waals surface area contributed by atoms with Crippen LogP contribution in [0, 0.1) is 4.78 Å². The monoisotopic (exact) mass is 588 g/mol. The number of ether oxygens (including phenoxy) is 1. The van der Waals surface area contributed by atoms with Crippen molar-refractivity contribution < 1.29 is 13.4 Å². The predicted octanol–water partition coefficient (Wildman–Crippen LogP) is 6.96. The number of nitrogens with zero attached hydrogens (tertiary/aromatic N) is 2. The molecule has 1 aliphatic heterocycles. The first kappa shape index (κ1) is 29.3. The van der Waals surface area contributed by atoms with E-state index in [2.05, 4.69) is 43.7 Å². The van der Waals surface area contributed by atoms with Crippen LogP contribution in [0.1, 0.15) is 44.4 Å². The summed E-state index contributed by atoms with van der Waals surface area (Å²) in [7, 11) is -5.66. The third-order valence-electron chi connectivity index (χ3n) is 8.36. The molecule has 0 saturated carbocycles.